The summed E-state index contributed by atoms with van der Waals surface area (Å²) in [7, 11) is -3.37. The van der Waals surface area contributed by atoms with Crippen LogP contribution >= 0.6 is 0 Å². The summed E-state index contributed by atoms with van der Waals surface area (Å²) in [5.74, 6) is -0.191. The molecule has 0 atom stereocenters. The molecule has 3 heterocycles. The van der Waals surface area contributed by atoms with Gasteiger partial charge in [-0.1, -0.05) is 25.5 Å². The molecule has 31 heavy (non-hydrogen) atoms. The van der Waals surface area contributed by atoms with Crippen molar-refractivity contribution < 1.29 is 13.2 Å². The summed E-state index contributed by atoms with van der Waals surface area (Å²) >= 11 is 0. The molecule has 0 aliphatic carbocycles. The van der Waals surface area contributed by atoms with Crippen LogP contribution in [0, 0.1) is 12.8 Å². The minimum absolute atomic E-state index is 0.191. The molecule has 8 heteroatoms. The van der Waals surface area contributed by atoms with Crippen LogP contribution in [0.25, 0.3) is 5.65 Å². The lowest BCUT2D eigenvalue weighted by Gasteiger charge is -2.15. The van der Waals surface area contributed by atoms with Crippen LogP contribution in [0.4, 0.5) is 0 Å². The van der Waals surface area contributed by atoms with Gasteiger partial charge in [0.1, 0.15) is 5.65 Å². The molecule has 1 N–H and O–H groups in total. The number of sulfonamides is 1. The van der Waals surface area contributed by atoms with Gasteiger partial charge in [0.15, 0.2) is 0 Å². The van der Waals surface area contributed by atoms with Crippen LogP contribution in [0.1, 0.15) is 50.9 Å². The van der Waals surface area contributed by atoms with Crippen LogP contribution in [-0.2, 0) is 10.0 Å². The minimum atomic E-state index is -3.37. The highest BCUT2D eigenvalue weighted by Crippen LogP contribution is 2.19. The molecule has 1 fully saturated rings. The zero-order chi connectivity index (χ0) is 23.4. The number of terminal acetylenes is 1. The number of fused-ring (bicyclic) bond motifs is 1. The van der Waals surface area contributed by atoms with Crippen LogP contribution in [-0.4, -0.2) is 47.6 Å². The van der Waals surface area contributed by atoms with Crippen molar-refractivity contribution in [1.82, 2.24) is 19.0 Å². The number of rotatable bonds is 6. The Kier molecular flexibility index (Phi) is 10.7. The van der Waals surface area contributed by atoms with E-state index in [4.69, 9.17) is 0 Å². The van der Waals surface area contributed by atoms with E-state index in [1.54, 1.807) is 54.2 Å². The lowest BCUT2D eigenvalue weighted by molar-refractivity contribution is 0.0956. The Morgan fingerprint density at radius 2 is 1.81 bits per heavy atom. The monoisotopic (exact) mass is 444 g/mol. The molecular weight excluding hydrogens is 412 g/mol. The molecule has 0 bridgehead atoms. The van der Waals surface area contributed by atoms with E-state index in [1.807, 2.05) is 20.8 Å². The maximum atomic E-state index is 12.4. The van der Waals surface area contributed by atoms with Crippen molar-refractivity contribution in [1.29, 1.82) is 0 Å². The third-order valence-electron chi connectivity index (χ3n) is 4.59. The lowest BCUT2D eigenvalue weighted by Crippen LogP contribution is -2.28. The number of carbonyl (C=O) groups is 1. The molecule has 0 radical (unpaired) electrons. The van der Waals surface area contributed by atoms with Crippen LogP contribution < -0.4 is 5.32 Å². The van der Waals surface area contributed by atoms with Crippen molar-refractivity contribution in [2.45, 2.75) is 40.5 Å². The third kappa shape index (κ3) is 7.09. The fourth-order valence-electron chi connectivity index (χ4n) is 2.91. The van der Waals surface area contributed by atoms with Crippen molar-refractivity contribution in [2.24, 2.45) is 0 Å². The van der Waals surface area contributed by atoms with Gasteiger partial charge in [0.25, 0.3) is 5.91 Å². The van der Waals surface area contributed by atoms with Gasteiger partial charge in [0, 0.05) is 38.2 Å². The predicted molar refractivity (Wildman–Crippen MR) is 126 cm³/mol. The molecule has 2 aromatic rings. The van der Waals surface area contributed by atoms with Crippen LogP contribution in [0.2, 0.25) is 0 Å². The van der Waals surface area contributed by atoms with Gasteiger partial charge in [0.05, 0.1) is 10.5 Å². The van der Waals surface area contributed by atoms with Gasteiger partial charge in [-0.25, -0.2) is 13.4 Å². The molecule has 7 nitrogen and oxygen atoms in total. The first kappa shape index (κ1) is 26.1. The average molecular weight is 445 g/mol. The van der Waals surface area contributed by atoms with Crippen molar-refractivity contribution >= 4 is 21.6 Å². The fraction of sp³-hybridized carbons (Fsp3) is 0.391. The second-order valence-corrected chi connectivity index (χ2v) is 8.81. The highest BCUT2D eigenvalue weighted by molar-refractivity contribution is 7.93. The number of nitrogens with zero attached hydrogens (tertiary/aromatic N) is 3. The molecule has 0 aromatic carbocycles. The number of hydrogen-bond acceptors (Lipinski definition) is 4. The predicted octanol–water partition coefficient (Wildman–Crippen LogP) is 3.62. The highest BCUT2D eigenvalue weighted by Gasteiger charge is 2.26. The summed E-state index contributed by atoms with van der Waals surface area (Å²) in [5, 5.41) is 2.84. The summed E-state index contributed by atoms with van der Waals surface area (Å²) in [6.07, 6.45) is 18.4. The molecule has 1 saturated heterocycles. The lowest BCUT2D eigenvalue weighted by atomic mass is 10.2. The Labute approximate surface area is 185 Å². The van der Waals surface area contributed by atoms with Gasteiger partial charge in [-0.05, 0) is 44.9 Å². The first-order valence-electron chi connectivity index (χ1n) is 10.3. The SMILES string of the molecule is C#C.C/C(=C\C=C(/C)S(=O)(=O)N1CCCC1)CNC(=O)c1ccc2nccn2c1.CC. The summed E-state index contributed by atoms with van der Waals surface area (Å²) in [6.45, 7) is 8.98. The maximum absolute atomic E-state index is 12.4. The van der Waals surface area contributed by atoms with E-state index in [-0.39, 0.29) is 5.91 Å². The van der Waals surface area contributed by atoms with E-state index >= 15 is 0 Å². The molecule has 1 aliphatic heterocycles. The topological polar surface area (TPSA) is 83.8 Å². The second-order valence-electron chi connectivity index (χ2n) is 6.69. The fourth-order valence-corrected chi connectivity index (χ4v) is 4.30. The second kappa shape index (κ2) is 12.7. The number of imidazole rings is 1. The quantitative estimate of drug-likeness (QED) is 0.545. The number of aromatic nitrogens is 2. The Hall–Kier alpha value is -2.89. The summed E-state index contributed by atoms with van der Waals surface area (Å²) < 4.78 is 28.2. The molecule has 1 amide bonds. The van der Waals surface area contributed by atoms with Crippen molar-refractivity contribution in [3.63, 3.8) is 0 Å². The highest BCUT2D eigenvalue weighted by atomic mass is 32.2. The first-order valence-corrected chi connectivity index (χ1v) is 11.7. The van der Waals surface area contributed by atoms with Gasteiger partial charge in [-0.2, -0.15) is 4.31 Å². The van der Waals surface area contributed by atoms with Crippen LogP contribution in [0.5, 0.6) is 0 Å². The molecule has 0 saturated carbocycles. The number of nitrogens with one attached hydrogen (secondary N) is 1. The molecule has 0 unspecified atom stereocenters. The normalized spacial score (nSPS) is 14.9. The Morgan fingerprint density at radius 3 is 2.45 bits per heavy atom. The number of pyridine rings is 1. The smallest absolute Gasteiger partial charge is 0.253 e. The number of hydrogen-bond donors (Lipinski definition) is 1. The number of amides is 1. The Bertz CT molecular complexity index is 1040. The van der Waals surface area contributed by atoms with E-state index in [0.29, 0.717) is 30.1 Å². The third-order valence-corrected chi connectivity index (χ3v) is 6.59. The Balaban J connectivity index is 0.00000113. The van der Waals surface area contributed by atoms with E-state index in [1.165, 1.54) is 4.31 Å². The van der Waals surface area contributed by atoms with Gasteiger partial charge < -0.3 is 9.72 Å². The summed E-state index contributed by atoms with van der Waals surface area (Å²) in [5.41, 5.74) is 2.18. The Morgan fingerprint density at radius 1 is 1.16 bits per heavy atom. The van der Waals surface area contributed by atoms with E-state index < -0.39 is 10.0 Å². The van der Waals surface area contributed by atoms with Crippen molar-refractivity contribution in [3.05, 3.63) is 58.9 Å². The van der Waals surface area contributed by atoms with E-state index in [0.717, 1.165) is 24.1 Å². The van der Waals surface area contributed by atoms with E-state index in [9.17, 15) is 13.2 Å². The summed E-state index contributed by atoms with van der Waals surface area (Å²) in [4.78, 5) is 16.8. The summed E-state index contributed by atoms with van der Waals surface area (Å²) in [6, 6.07) is 3.51. The average Bonchev–Trinajstić information content (AvgIpc) is 3.50. The van der Waals surface area contributed by atoms with Gasteiger partial charge in [-0.15, -0.1) is 12.8 Å². The molecule has 168 valence electrons. The molecule has 0 spiro atoms. The van der Waals surface area contributed by atoms with Crippen LogP contribution in [0.15, 0.2) is 53.4 Å². The van der Waals surface area contributed by atoms with Crippen LogP contribution in [0.3, 0.4) is 0 Å². The van der Waals surface area contributed by atoms with Crippen molar-refractivity contribution in [2.75, 3.05) is 19.6 Å². The maximum Gasteiger partial charge on any atom is 0.253 e. The first-order chi connectivity index (χ1) is 14.9. The number of carbonyl (C=O) groups excluding carboxylic acids is 1. The van der Waals surface area contributed by atoms with Crippen molar-refractivity contribution in [3.8, 4) is 12.8 Å². The molecule has 2 aromatic heterocycles. The standard InChI is InChI=1S/C19H24N4O3S.C2H6.C2H2/c1-15(5-6-16(2)27(25,26)23-10-3-4-11-23)13-21-19(24)17-7-8-18-20-9-12-22(18)14-17;2*1-2/h5-9,12,14H,3-4,10-11,13H2,1-2H3,(H,21,24);1-2H3;1-2H/b15-5+,16-6+;;. The zero-order valence-corrected chi connectivity index (χ0v) is 19.5. The van der Waals surface area contributed by atoms with Gasteiger partial charge in [-0.3, -0.25) is 4.79 Å². The largest absolute Gasteiger partial charge is 0.348 e. The molecular formula is C23H32N4O3S. The van der Waals surface area contributed by atoms with Gasteiger partial charge in [0.2, 0.25) is 10.0 Å². The number of allylic oxidation sites excluding steroid dienone is 3. The zero-order valence-electron chi connectivity index (χ0n) is 18.7. The minimum Gasteiger partial charge on any atom is -0.348 e. The van der Waals surface area contributed by atoms with Gasteiger partial charge >= 0.3 is 0 Å². The van der Waals surface area contributed by atoms with E-state index in [2.05, 4.69) is 23.1 Å². The molecule has 1 aliphatic rings. The molecule has 3 rings (SSSR count).